The summed E-state index contributed by atoms with van der Waals surface area (Å²) in [5.74, 6) is 1.18. The van der Waals surface area contributed by atoms with Gasteiger partial charge in [-0.2, -0.15) is 0 Å². The molecule has 2 heterocycles. The van der Waals surface area contributed by atoms with Crippen molar-refractivity contribution >= 4 is 34.0 Å². The predicted molar refractivity (Wildman–Crippen MR) is 144 cm³/mol. The van der Waals surface area contributed by atoms with E-state index in [9.17, 15) is 14.9 Å². The van der Waals surface area contributed by atoms with Crippen LogP contribution in [0.1, 0.15) is 11.1 Å². The van der Waals surface area contributed by atoms with Gasteiger partial charge in [-0.1, -0.05) is 36.0 Å². The normalized spacial score (nSPS) is 13.6. The van der Waals surface area contributed by atoms with Crippen molar-refractivity contribution in [3.63, 3.8) is 0 Å². The van der Waals surface area contributed by atoms with Gasteiger partial charge in [0.05, 0.1) is 42.7 Å². The van der Waals surface area contributed by atoms with E-state index < -0.39 is 4.92 Å². The fraction of sp³-hybridized carbons (Fsp3) is 0.259. The summed E-state index contributed by atoms with van der Waals surface area (Å²) < 4.78 is 12.4. The molecule has 5 rings (SSSR count). The molecule has 0 spiro atoms. The first-order valence-corrected chi connectivity index (χ1v) is 12.9. The first kappa shape index (κ1) is 24.8. The van der Waals surface area contributed by atoms with Crippen molar-refractivity contribution in [3.8, 4) is 5.75 Å². The second kappa shape index (κ2) is 11.0. The Hall–Kier alpha value is -3.89. The number of nitrogens with zero attached hydrogens (tertiary/aromatic N) is 4. The fourth-order valence-electron chi connectivity index (χ4n) is 4.28. The van der Waals surface area contributed by atoms with E-state index in [1.54, 1.807) is 23.8 Å². The van der Waals surface area contributed by atoms with Crippen LogP contribution in [0.3, 0.4) is 0 Å². The quantitative estimate of drug-likeness (QED) is 0.146. The summed E-state index contributed by atoms with van der Waals surface area (Å²) in [7, 11) is 1.61. The molecule has 9 nitrogen and oxygen atoms in total. The Morgan fingerprint density at radius 3 is 2.57 bits per heavy atom. The lowest BCUT2D eigenvalue weighted by atomic mass is 10.2. The van der Waals surface area contributed by atoms with E-state index in [1.807, 2.05) is 48.5 Å². The molecule has 0 amide bonds. The maximum Gasteiger partial charge on any atom is 0.269 e. The topological polar surface area (TPSA) is 99.7 Å². The maximum absolute atomic E-state index is 13.8. The first-order chi connectivity index (χ1) is 18.0. The highest BCUT2D eigenvalue weighted by Crippen LogP contribution is 2.27. The zero-order valence-corrected chi connectivity index (χ0v) is 21.1. The van der Waals surface area contributed by atoms with Crippen molar-refractivity contribution in [2.24, 2.45) is 0 Å². The Morgan fingerprint density at radius 2 is 1.84 bits per heavy atom. The van der Waals surface area contributed by atoms with Crippen molar-refractivity contribution in [3.05, 3.63) is 98.3 Å². The summed E-state index contributed by atoms with van der Waals surface area (Å²) >= 11 is 1.39. The van der Waals surface area contributed by atoms with E-state index in [1.165, 1.54) is 17.8 Å². The number of hydrogen-bond acceptors (Lipinski definition) is 8. The third-order valence-corrected chi connectivity index (χ3v) is 7.32. The maximum atomic E-state index is 13.8. The summed E-state index contributed by atoms with van der Waals surface area (Å²) in [6.07, 6.45) is 0. The molecule has 0 saturated carbocycles. The van der Waals surface area contributed by atoms with E-state index >= 15 is 0 Å². The van der Waals surface area contributed by atoms with Crippen molar-refractivity contribution in [1.82, 2.24) is 9.55 Å². The standard InChI is InChI=1S/C27H26N4O5S/c1-35-23-8-5-19(6-9-23)17-30-26(32)24-16-21(29-11-13-36-14-12-29)7-10-25(24)28-27(30)37-18-20-3-2-4-22(15-20)31(33)34/h2-10,15-16H,11-14,17-18H2,1H3. The number of aromatic nitrogens is 2. The molecule has 1 fully saturated rings. The van der Waals surface area contributed by atoms with Gasteiger partial charge in [0, 0.05) is 36.7 Å². The summed E-state index contributed by atoms with van der Waals surface area (Å²) in [6.45, 7) is 3.20. The molecule has 1 aliphatic heterocycles. The molecular weight excluding hydrogens is 492 g/mol. The molecule has 0 radical (unpaired) electrons. The van der Waals surface area contributed by atoms with Crippen molar-refractivity contribution in [2.45, 2.75) is 17.5 Å². The lowest BCUT2D eigenvalue weighted by molar-refractivity contribution is -0.384. The number of nitro benzene ring substituents is 1. The van der Waals surface area contributed by atoms with Crippen molar-refractivity contribution in [2.75, 3.05) is 38.3 Å². The number of hydrogen-bond donors (Lipinski definition) is 0. The minimum atomic E-state index is -0.409. The Labute approximate surface area is 217 Å². The van der Waals surface area contributed by atoms with Crippen LogP contribution in [0, 0.1) is 10.1 Å². The van der Waals surface area contributed by atoms with Gasteiger partial charge in [0.2, 0.25) is 0 Å². The number of benzene rings is 3. The number of ether oxygens (including phenoxy) is 2. The van der Waals surface area contributed by atoms with Crippen LogP contribution < -0.4 is 15.2 Å². The third kappa shape index (κ3) is 5.60. The number of methoxy groups -OCH3 is 1. The second-order valence-corrected chi connectivity index (χ2v) is 9.59. The molecule has 1 aromatic heterocycles. The SMILES string of the molecule is COc1ccc(Cn2c(SCc3cccc([N+](=O)[O-])c3)nc3ccc(N4CCOCC4)cc3c2=O)cc1. The lowest BCUT2D eigenvalue weighted by Gasteiger charge is -2.29. The second-order valence-electron chi connectivity index (χ2n) is 8.65. The van der Waals surface area contributed by atoms with E-state index in [-0.39, 0.29) is 11.2 Å². The summed E-state index contributed by atoms with van der Waals surface area (Å²) in [5, 5.41) is 12.3. The van der Waals surface area contributed by atoms with Gasteiger partial charge in [-0.25, -0.2) is 4.98 Å². The molecule has 4 aromatic rings. The molecule has 1 saturated heterocycles. The lowest BCUT2D eigenvalue weighted by Crippen LogP contribution is -2.36. The van der Waals surface area contributed by atoms with E-state index in [0.29, 0.717) is 41.6 Å². The van der Waals surface area contributed by atoms with Crippen molar-refractivity contribution < 1.29 is 14.4 Å². The highest BCUT2D eigenvalue weighted by molar-refractivity contribution is 7.98. The smallest absolute Gasteiger partial charge is 0.269 e. The van der Waals surface area contributed by atoms with E-state index in [4.69, 9.17) is 14.5 Å². The zero-order chi connectivity index (χ0) is 25.8. The van der Waals surface area contributed by atoms with Crippen LogP contribution in [0.4, 0.5) is 11.4 Å². The largest absolute Gasteiger partial charge is 0.497 e. The predicted octanol–water partition coefficient (Wildman–Crippen LogP) is 4.49. The number of rotatable bonds is 8. The number of fused-ring (bicyclic) bond motifs is 1. The average Bonchev–Trinajstić information content (AvgIpc) is 2.94. The Bertz CT molecular complexity index is 1480. The van der Waals surface area contributed by atoms with Crippen molar-refractivity contribution in [1.29, 1.82) is 0 Å². The molecule has 0 atom stereocenters. The van der Waals surface area contributed by atoms with Crippen LogP contribution >= 0.6 is 11.8 Å². The van der Waals surface area contributed by atoms with Gasteiger partial charge in [-0.15, -0.1) is 0 Å². The Morgan fingerprint density at radius 1 is 1.05 bits per heavy atom. The minimum Gasteiger partial charge on any atom is -0.497 e. The first-order valence-electron chi connectivity index (χ1n) is 11.9. The molecule has 37 heavy (non-hydrogen) atoms. The molecule has 0 unspecified atom stereocenters. The van der Waals surface area contributed by atoms with Crippen LogP contribution in [-0.4, -0.2) is 47.9 Å². The average molecular weight is 519 g/mol. The monoisotopic (exact) mass is 518 g/mol. The van der Waals surface area contributed by atoms with Gasteiger partial charge in [-0.3, -0.25) is 19.5 Å². The Kier molecular flexibility index (Phi) is 7.38. The van der Waals surface area contributed by atoms with Gasteiger partial charge in [0.15, 0.2) is 5.16 Å². The molecule has 1 aliphatic rings. The van der Waals surface area contributed by atoms with Gasteiger partial charge >= 0.3 is 0 Å². The molecule has 0 bridgehead atoms. The van der Waals surface area contributed by atoms with Gasteiger partial charge in [0.25, 0.3) is 11.2 Å². The van der Waals surface area contributed by atoms with Crippen LogP contribution in [0.25, 0.3) is 10.9 Å². The number of anilines is 1. The van der Waals surface area contributed by atoms with Gasteiger partial charge < -0.3 is 14.4 Å². The molecule has 0 aliphatic carbocycles. The molecule has 10 heteroatoms. The number of morpholine rings is 1. The number of non-ortho nitro benzene ring substituents is 1. The molecule has 190 valence electrons. The minimum absolute atomic E-state index is 0.0378. The number of nitro groups is 1. The van der Waals surface area contributed by atoms with Crippen LogP contribution in [0.5, 0.6) is 5.75 Å². The van der Waals surface area contributed by atoms with E-state index in [2.05, 4.69) is 4.90 Å². The highest BCUT2D eigenvalue weighted by atomic mass is 32.2. The van der Waals surface area contributed by atoms with Gasteiger partial charge in [-0.05, 0) is 41.5 Å². The third-order valence-electron chi connectivity index (χ3n) is 6.27. The number of thioether (sulfide) groups is 1. The fourth-order valence-corrected chi connectivity index (χ4v) is 5.22. The summed E-state index contributed by atoms with van der Waals surface area (Å²) in [4.78, 5) is 31.7. The van der Waals surface area contributed by atoms with Crippen LogP contribution in [-0.2, 0) is 17.0 Å². The Balaban J connectivity index is 1.53. The molecular formula is C27H26N4O5S. The van der Waals surface area contributed by atoms with E-state index in [0.717, 1.165) is 35.7 Å². The zero-order valence-electron chi connectivity index (χ0n) is 20.3. The summed E-state index contributed by atoms with van der Waals surface area (Å²) in [6, 6.07) is 19.9. The van der Waals surface area contributed by atoms with Crippen LogP contribution in [0.15, 0.2) is 76.7 Å². The molecule has 3 aromatic carbocycles. The highest BCUT2D eigenvalue weighted by Gasteiger charge is 2.17. The molecule has 0 N–H and O–H groups in total. The van der Waals surface area contributed by atoms with Crippen LogP contribution in [0.2, 0.25) is 0 Å². The van der Waals surface area contributed by atoms with Gasteiger partial charge in [0.1, 0.15) is 5.75 Å². The summed E-state index contributed by atoms with van der Waals surface area (Å²) in [5.41, 5.74) is 3.23.